The lowest BCUT2D eigenvalue weighted by molar-refractivity contribution is 0.0693. The third-order valence-electron chi connectivity index (χ3n) is 3.39. The monoisotopic (exact) mass is 328 g/mol. The van der Waals surface area contributed by atoms with E-state index in [1.165, 1.54) is 11.8 Å². The van der Waals surface area contributed by atoms with Crippen LogP contribution in [0.5, 0.6) is 0 Å². The second-order valence-electron chi connectivity index (χ2n) is 4.92. The van der Waals surface area contributed by atoms with Crippen molar-refractivity contribution in [2.24, 2.45) is 0 Å². The molecule has 110 valence electrons. The van der Waals surface area contributed by atoms with Crippen LogP contribution in [0.25, 0.3) is 10.8 Å². The van der Waals surface area contributed by atoms with Gasteiger partial charge < -0.3 is 5.11 Å². The molecule has 3 aromatic carbocycles. The highest BCUT2D eigenvalue weighted by atomic mass is 35.5. The molecule has 0 aromatic heterocycles. The maximum Gasteiger partial charge on any atom is 0.336 e. The van der Waals surface area contributed by atoms with Crippen LogP contribution in [0.2, 0.25) is 5.02 Å². The molecule has 0 unspecified atom stereocenters. The van der Waals surface area contributed by atoms with Crippen molar-refractivity contribution in [3.05, 3.63) is 76.8 Å². The molecule has 0 aliphatic rings. The van der Waals surface area contributed by atoms with Crippen LogP contribution < -0.4 is 0 Å². The van der Waals surface area contributed by atoms with Gasteiger partial charge in [-0.3, -0.25) is 0 Å². The van der Waals surface area contributed by atoms with Crippen molar-refractivity contribution in [1.29, 1.82) is 0 Å². The van der Waals surface area contributed by atoms with Crippen molar-refractivity contribution in [1.82, 2.24) is 0 Å². The summed E-state index contributed by atoms with van der Waals surface area (Å²) in [5.74, 6) is -0.195. The number of hydrogen-bond donors (Lipinski definition) is 1. The number of carboxylic acid groups (broad SMARTS) is 1. The molecular weight excluding hydrogens is 316 g/mol. The molecule has 0 atom stereocenters. The Kier molecular flexibility index (Phi) is 4.36. The molecule has 4 heteroatoms. The molecule has 0 saturated carbocycles. The number of benzene rings is 3. The number of fused-ring (bicyclic) bond motifs is 1. The van der Waals surface area contributed by atoms with Crippen LogP contribution in [0.1, 0.15) is 15.9 Å². The van der Waals surface area contributed by atoms with Gasteiger partial charge in [0.05, 0.1) is 5.56 Å². The summed E-state index contributed by atoms with van der Waals surface area (Å²) in [5.41, 5.74) is 1.46. The van der Waals surface area contributed by atoms with Crippen LogP contribution in [-0.2, 0) is 5.75 Å². The van der Waals surface area contributed by atoms with E-state index in [4.69, 9.17) is 11.6 Å². The smallest absolute Gasteiger partial charge is 0.336 e. The zero-order valence-corrected chi connectivity index (χ0v) is 13.2. The average molecular weight is 329 g/mol. The Balaban J connectivity index is 1.92. The first-order valence-corrected chi connectivity index (χ1v) is 8.13. The van der Waals surface area contributed by atoms with Crippen molar-refractivity contribution in [3.8, 4) is 0 Å². The van der Waals surface area contributed by atoms with Crippen LogP contribution in [0.15, 0.2) is 65.6 Å². The van der Waals surface area contributed by atoms with Crippen molar-refractivity contribution < 1.29 is 9.90 Å². The zero-order valence-electron chi connectivity index (χ0n) is 11.6. The molecule has 0 heterocycles. The Labute approximate surface area is 137 Å². The fraction of sp³-hybridized carbons (Fsp3) is 0.0556. The van der Waals surface area contributed by atoms with Crippen LogP contribution in [-0.4, -0.2) is 11.1 Å². The van der Waals surface area contributed by atoms with Gasteiger partial charge in [0.25, 0.3) is 0 Å². The largest absolute Gasteiger partial charge is 0.478 e. The number of rotatable bonds is 4. The minimum atomic E-state index is -0.899. The zero-order chi connectivity index (χ0) is 15.5. The van der Waals surface area contributed by atoms with E-state index in [-0.39, 0.29) is 0 Å². The maximum atomic E-state index is 11.5. The molecule has 0 fully saturated rings. The summed E-state index contributed by atoms with van der Waals surface area (Å²) in [6, 6.07) is 19.1. The van der Waals surface area contributed by atoms with Gasteiger partial charge in [-0.1, -0.05) is 48.0 Å². The molecule has 3 aromatic rings. The molecule has 0 saturated heterocycles. The van der Waals surface area contributed by atoms with Gasteiger partial charge in [0.15, 0.2) is 0 Å². The van der Waals surface area contributed by atoms with E-state index in [9.17, 15) is 9.90 Å². The lowest BCUT2D eigenvalue weighted by atomic mass is 10.1. The number of halogens is 1. The topological polar surface area (TPSA) is 37.3 Å². The number of carboxylic acids is 1. The third kappa shape index (κ3) is 3.26. The third-order valence-corrected chi connectivity index (χ3v) is 4.76. The van der Waals surface area contributed by atoms with Crippen LogP contribution in [0, 0.1) is 0 Å². The van der Waals surface area contributed by atoms with Crippen LogP contribution in [0.4, 0.5) is 0 Å². The summed E-state index contributed by atoms with van der Waals surface area (Å²) in [5, 5.41) is 12.1. The highest BCUT2D eigenvalue weighted by molar-refractivity contribution is 7.98. The minimum Gasteiger partial charge on any atom is -0.478 e. The Morgan fingerprint density at radius 2 is 1.64 bits per heavy atom. The quantitative estimate of drug-likeness (QED) is 0.644. The predicted octanol–water partition coefficient (Wildman–Crippen LogP) is 5.48. The normalized spacial score (nSPS) is 10.8. The second kappa shape index (κ2) is 6.42. The second-order valence-corrected chi connectivity index (χ2v) is 6.37. The van der Waals surface area contributed by atoms with E-state index in [0.717, 1.165) is 21.2 Å². The Morgan fingerprint density at radius 1 is 1.00 bits per heavy atom. The van der Waals surface area contributed by atoms with Crippen LogP contribution >= 0.6 is 23.4 Å². The Hall–Kier alpha value is -1.97. The number of hydrogen-bond acceptors (Lipinski definition) is 2. The Bertz CT molecular complexity index is 828. The first-order chi connectivity index (χ1) is 10.6. The molecule has 0 aliphatic carbocycles. The van der Waals surface area contributed by atoms with Crippen molar-refractivity contribution in [3.63, 3.8) is 0 Å². The summed E-state index contributed by atoms with van der Waals surface area (Å²) < 4.78 is 0. The molecule has 2 nitrogen and oxygen atoms in total. The summed E-state index contributed by atoms with van der Waals surface area (Å²) in [4.78, 5) is 12.3. The molecule has 0 radical (unpaired) electrons. The van der Waals surface area contributed by atoms with E-state index >= 15 is 0 Å². The number of aromatic carboxylic acids is 1. The van der Waals surface area contributed by atoms with Gasteiger partial charge in [0, 0.05) is 15.7 Å². The first-order valence-electron chi connectivity index (χ1n) is 6.77. The molecule has 0 aliphatic heterocycles. The van der Waals surface area contributed by atoms with Gasteiger partial charge in [-0.2, -0.15) is 0 Å². The molecule has 0 spiro atoms. The summed E-state index contributed by atoms with van der Waals surface area (Å²) in [6.07, 6.45) is 0. The van der Waals surface area contributed by atoms with E-state index in [1.54, 1.807) is 6.07 Å². The fourth-order valence-corrected chi connectivity index (χ4v) is 3.40. The van der Waals surface area contributed by atoms with Crippen molar-refractivity contribution >= 4 is 40.1 Å². The van der Waals surface area contributed by atoms with E-state index in [0.29, 0.717) is 16.3 Å². The van der Waals surface area contributed by atoms with Gasteiger partial charge in [-0.15, -0.1) is 11.8 Å². The molecular formula is C18H13ClO2S. The maximum absolute atomic E-state index is 11.5. The van der Waals surface area contributed by atoms with E-state index < -0.39 is 5.97 Å². The molecule has 0 amide bonds. The molecule has 0 bridgehead atoms. The summed E-state index contributed by atoms with van der Waals surface area (Å²) >= 11 is 7.40. The highest BCUT2D eigenvalue weighted by Gasteiger charge is 2.12. The summed E-state index contributed by atoms with van der Waals surface area (Å²) in [7, 11) is 0. The number of thioether (sulfide) groups is 1. The first kappa shape index (κ1) is 14.9. The molecule has 3 rings (SSSR count). The van der Waals surface area contributed by atoms with Gasteiger partial charge in [0.2, 0.25) is 0 Å². The fourth-order valence-electron chi connectivity index (χ4n) is 2.25. The van der Waals surface area contributed by atoms with Crippen molar-refractivity contribution in [2.45, 2.75) is 10.6 Å². The van der Waals surface area contributed by atoms with Crippen molar-refractivity contribution in [2.75, 3.05) is 0 Å². The van der Waals surface area contributed by atoms with E-state index in [1.807, 2.05) is 54.6 Å². The van der Waals surface area contributed by atoms with Crippen LogP contribution in [0.3, 0.4) is 0 Å². The highest BCUT2D eigenvalue weighted by Crippen LogP contribution is 2.30. The summed E-state index contributed by atoms with van der Waals surface area (Å²) in [6.45, 7) is 0. The standard InChI is InChI=1S/C18H13ClO2S/c19-15-7-5-12(6-8-15)11-22-17-10-14-4-2-1-3-13(14)9-16(17)18(20)21/h1-10H,11H2,(H,20,21). The van der Waals surface area contributed by atoms with Gasteiger partial charge >= 0.3 is 5.97 Å². The van der Waals surface area contributed by atoms with Gasteiger partial charge in [-0.25, -0.2) is 4.79 Å². The minimum absolute atomic E-state index is 0.345. The molecule has 1 N–H and O–H groups in total. The van der Waals surface area contributed by atoms with Gasteiger partial charge in [0.1, 0.15) is 0 Å². The number of carbonyl (C=O) groups is 1. The Morgan fingerprint density at radius 3 is 2.27 bits per heavy atom. The average Bonchev–Trinajstić information content (AvgIpc) is 2.53. The molecule has 22 heavy (non-hydrogen) atoms. The lowest BCUT2D eigenvalue weighted by Crippen LogP contribution is -1.99. The van der Waals surface area contributed by atoms with Gasteiger partial charge in [-0.05, 0) is 40.6 Å². The lowest BCUT2D eigenvalue weighted by Gasteiger charge is -2.08. The predicted molar refractivity (Wildman–Crippen MR) is 91.9 cm³/mol. The van der Waals surface area contributed by atoms with E-state index in [2.05, 4.69) is 0 Å². The SMILES string of the molecule is O=C(O)c1cc2ccccc2cc1SCc1ccc(Cl)cc1.